The summed E-state index contributed by atoms with van der Waals surface area (Å²) < 4.78 is 78.9. The van der Waals surface area contributed by atoms with Gasteiger partial charge in [-0.2, -0.15) is 4.98 Å². The van der Waals surface area contributed by atoms with E-state index < -0.39 is 33.4 Å². The topological polar surface area (TPSA) is 101 Å². The van der Waals surface area contributed by atoms with Crippen molar-refractivity contribution in [3.63, 3.8) is 0 Å². The molecule has 45 heavy (non-hydrogen) atoms. The second kappa shape index (κ2) is 10.7. The molecule has 0 spiro atoms. The van der Waals surface area contributed by atoms with Gasteiger partial charge in [-0.3, -0.25) is 9.62 Å². The van der Waals surface area contributed by atoms with Gasteiger partial charge in [0.05, 0.1) is 22.7 Å². The SMILES string of the molecule is C#Cc1c(F)ccc2cc(NS(C)(=O)=O)cc(-c3nc(N4CC[C@@H]4C)c4cnc(OC[C@@]56CCCN5C[C@H](F)C6)nc4c3F)c12. The van der Waals surface area contributed by atoms with E-state index in [0.29, 0.717) is 36.1 Å². The van der Waals surface area contributed by atoms with Gasteiger partial charge in [-0.05, 0) is 56.3 Å². The number of hydrogen-bond acceptors (Lipinski definition) is 8. The van der Waals surface area contributed by atoms with Crippen LogP contribution in [-0.2, 0) is 10.0 Å². The second-order valence-electron chi connectivity index (χ2n) is 12.3. The molecule has 5 heterocycles. The zero-order valence-corrected chi connectivity index (χ0v) is 25.6. The molecular weight excluding hydrogens is 605 g/mol. The van der Waals surface area contributed by atoms with E-state index in [1.165, 1.54) is 30.5 Å². The summed E-state index contributed by atoms with van der Waals surface area (Å²) in [5.41, 5.74) is -0.570. The third kappa shape index (κ3) is 5.10. The quantitative estimate of drug-likeness (QED) is 0.282. The summed E-state index contributed by atoms with van der Waals surface area (Å²) >= 11 is 0. The molecule has 13 heteroatoms. The van der Waals surface area contributed by atoms with Gasteiger partial charge < -0.3 is 9.64 Å². The van der Waals surface area contributed by atoms with E-state index in [1.807, 2.05) is 11.8 Å². The Hall–Kier alpha value is -4.15. The molecule has 3 fully saturated rings. The second-order valence-corrected chi connectivity index (χ2v) is 14.0. The number of sulfonamides is 1. The van der Waals surface area contributed by atoms with Crippen LogP contribution in [0.3, 0.4) is 0 Å². The van der Waals surface area contributed by atoms with Crippen molar-refractivity contribution in [3.8, 4) is 29.6 Å². The molecule has 0 unspecified atom stereocenters. The minimum absolute atomic E-state index is 0.0580. The summed E-state index contributed by atoms with van der Waals surface area (Å²) in [6, 6.07) is 5.57. The Balaban J connectivity index is 1.41. The number of benzene rings is 2. The lowest BCUT2D eigenvalue weighted by atomic mass is 9.95. The van der Waals surface area contributed by atoms with Crippen LogP contribution in [0.4, 0.5) is 24.7 Å². The molecule has 0 saturated carbocycles. The Labute approximate surface area is 258 Å². The molecule has 3 saturated heterocycles. The number of alkyl halides is 1. The van der Waals surface area contributed by atoms with Crippen LogP contribution in [0, 0.1) is 24.0 Å². The van der Waals surface area contributed by atoms with Gasteiger partial charge in [0.25, 0.3) is 0 Å². The molecule has 9 nitrogen and oxygen atoms in total. The summed E-state index contributed by atoms with van der Waals surface area (Å²) in [5.74, 6) is 1.27. The maximum Gasteiger partial charge on any atom is 0.317 e. The van der Waals surface area contributed by atoms with E-state index in [4.69, 9.17) is 16.1 Å². The number of fused-ring (bicyclic) bond motifs is 3. The predicted octanol–water partition coefficient (Wildman–Crippen LogP) is 5.03. The maximum atomic E-state index is 16.8. The average Bonchev–Trinajstić information content (AvgIpc) is 3.51. The van der Waals surface area contributed by atoms with Gasteiger partial charge in [0.15, 0.2) is 5.82 Å². The van der Waals surface area contributed by atoms with Crippen molar-refractivity contribution >= 4 is 43.2 Å². The molecule has 4 aromatic rings. The Morgan fingerprint density at radius 3 is 2.76 bits per heavy atom. The molecule has 0 radical (unpaired) electrons. The molecule has 234 valence electrons. The van der Waals surface area contributed by atoms with Gasteiger partial charge >= 0.3 is 6.01 Å². The summed E-state index contributed by atoms with van der Waals surface area (Å²) in [4.78, 5) is 17.7. The zero-order valence-electron chi connectivity index (χ0n) is 24.8. The number of nitrogens with zero attached hydrogens (tertiary/aromatic N) is 5. The monoisotopic (exact) mass is 636 g/mol. The van der Waals surface area contributed by atoms with Crippen molar-refractivity contribution in [3.05, 3.63) is 47.7 Å². The predicted molar refractivity (Wildman–Crippen MR) is 167 cm³/mol. The van der Waals surface area contributed by atoms with Crippen LogP contribution in [0.5, 0.6) is 6.01 Å². The van der Waals surface area contributed by atoms with Gasteiger partial charge in [0.2, 0.25) is 10.0 Å². The van der Waals surface area contributed by atoms with Gasteiger partial charge in [-0.1, -0.05) is 12.0 Å². The van der Waals surface area contributed by atoms with E-state index in [0.717, 1.165) is 32.1 Å². The highest BCUT2D eigenvalue weighted by molar-refractivity contribution is 7.92. The highest BCUT2D eigenvalue weighted by atomic mass is 32.2. The van der Waals surface area contributed by atoms with Crippen LogP contribution in [0.25, 0.3) is 32.9 Å². The van der Waals surface area contributed by atoms with Crippen molar-refractivity contribution in [2.75, 3.05) is 42.1 Å². The van der Waals surface area contributed by atoms with Gasteiger partial charge in [-0.15, -0.1) is 6.42 Å². The molecule has 7 rings (SSSR count). The summed E-state index contributed by atoms with van der Waals surface area (Å²) in [5, 5.41) is 0.958. The number of hydrogen-bond donors (Lipinski definition) is 1. The molecule has 3 atom stereocenters. The highest BCUT2D eigenvalue weighted by Crippen LogP contribution is 2.42. The molecule has 0 bridgehead atoms. The highest BCUT2D eigenvalue weighted by Gasteiger charge is 2.49. The molecular formula is C32H31F3N6O3S. The number of ether oxygens (including phenoxy) is 1. The van der Waals surface area contributed by atoms with Gasteiger partial charge in [0.1, 0.15) is 35.6 Å². The first kappa shape index (κ1) is 29.6. The average molecular weight is 637 g/mol. The zero-order chi connectivity index (χ0) is 31.7. The third-order valence-electron chi connectivity index (χ3n) is 9.23. The first-order valence-corrected chi connectivity index (χ1v) is 16.7. The maximum absolute atomic E-state index is 16.8. The summed E-state index contributed by atoms with van der Waals surface area (Å²) in [6.45, 7) is 4.01. The number of aromatic nitrogens is 3. The van der Waals surface area contributed by atoms with E-state index >= 15 is 8.78 Å². The first-order valence-electron chi connectivity index (χ1n) is 14.8. The van der Waals surface area contributed by atoms with Crippen LogP contribution >= 0.6 is 0 Å². The van der Waals surface area contributed by atoms with Crippen molar-refractivity contribution in [1.29, 1.82) is 0 Å². The third-order valence-corrected chi connectivity index (χ3v) is 9.84. The van der Waals surface area contributed by atoms with Crippen LogP contribution < -0.4 is 14.4 Å². The van der Waals surface area contributed by atoms with Crippen LogP contribution in [-0.4, -0.2) is 78.5 Å². The lowest BCUT2D eigenvalue weighted by molar-refractivity contribution is 0.107. The fourth-order valence-corrected chi connectivity index (χ4v) is 7.56. The minimum Gasteiger partial charge on any atom is -0.461 e. The van der Waals surface area contributed by atoms with Crippen LogP contribution in [0.2, 0.25) is 0 Å². The number of terminal acetylenes is 1. The lowest BCUT2D eigenvalue weighted by Gasteiger charge is -2.40. The standard InChI is InChI=1S/C32H31F3N6O3S/c1-4-22-25(34)7-6-19-12-21(39-45(3,42)43)13-23(26(19)22)28-27(35)29-24(30(37-28)41-11-8-18(41)2)15-36-31(38-29)44-17-32-9-5-10-40(32)16-20(33)14-32/h1,6-7,12-13,15,18,20,39H,5,8-11,14,16-17H2,2-3H3/t18-,20+,32-/m0/s1. The van der Waals surface area contributed by atoms with Crippen molar-refractivity contribution in [2.24, 2.45) is 0 Å². The molecule has 3 aliphatic heterocycles. The van der Waals surface area contributed by atoms with E-state index in [1.54, 1.807) is 0 Å². The summed E-state index contributed by atoms with van der Waals surface area (Å²) in [7, 11) is -3.72. The van der Waals surface area contributed by atoms with Gasteiger partial charge in [-0.25, -0.2) is 31.6 Å². The fourth-order valence-electron chi connectivity index (χ4n) is 7.01. The summed E-state index contributed by atoms with van der Waals surface area (Å²) in [6.07, 6.45) is 10.2. The van der Waals surface area contributed by atoms with E-state index in [-0.39, 0.29) is 52.1 Å². The first-order chi connectivity index (χ1) is 21.5. The van der Waals surface area contributed by atoms with Crippen molar-refractivity contribution in [2.45, 2.75) is 50.4 Å². The number of nitrogens with one attached hydrogen (secondary N) is 1. The number of pyridine rings is 1. The fraction of sp³-hybridized carbons (Fsp3) is 0.406. The Kier molecular flexibility index (Phi) is 7.05. The molecule has 2 aromatic carbocycles. The van der Waals surface area contributed by atoms with Crippen LogP contribution in [0.15, 0.2) is 30.5 Å². The number of rotatable bonds is 7. The molecule has 3 aliphatic rings. The van der Waals surface area contributed by atoms with Crippen LogP contribution in [0.1, 0.15) is 38.2 Å². The van der Waals surface area contributed by atoms with Gasteiger partial charge in [0, 0.05) is 48.4 Å². The van der Waals surface area contributed by atoms with Crippen molar-refractivity contribution in [1.82, 2.24) is 19.9 Å². The van der Waals surface area contributed by atoms with E-state index in [9.17, 15) is 12.8 Å². The number of halogens is 3. The van der Waals surface area contributed by atoms with Crippen molar-refractivity contribution < 1.29 is 26.3 Å². The number of anilines is 2. The minimum atomic E-state index is -3.72. The smallest absolute Gasteiger partial charge is 0.317 e. The largest absolute Gasteiger partial charge is 0.461 e. The molecule has 0 aliphatic carbocycles. The Bertz CT molecular complexity index is 2020. The molecule has 0 amide bonds. The molecule has 1 N–H and O–H groups in total. The molecule has 2 aromatic heterocycles. The van der Waals surface area contributed by atoms with E-state index in [2.05, 4.69) is 25.5 Å². The lowest BCUT2D eigenvalue weighted by Crippen LogP contribution is -2.46. The Morgan fingerprint density at radius 1 is 1.22 bits per heavy atom. The Morgan fingerprint density at radius 2 is 2.04 bits per heavy atom. The normalized spacial score (nSPS) is 23.2.